The Morgan fingerprint density at radius 2 is 2.04 bits per heavy atom. The second-order valence-electron chi connectivity index (χ2n) is 5.12. The number of hydrogen-bond donors (Lipinski definition) is 1. The van der Waals surface area contributed by atoms with E-state index in [1.807, 2.05) is 20.0 Å². The van der Waals surface area contributed by atoms with E-state index in [1.165, 1.54) is 11.7 Å². The molecule has 0 aliphatic rings. The van der Waals surface area contributed by atoms with Gasteiger partial charge in [-0.15, -0.1) is 0 Å². The highest BCUT2D eigenvalue weighted by Gasteiger charge is 2.09. The molecule has 0 spiro atoms. The molecule has 0 fully saturated rings. The van der Waals surface area contributed by atoms with Crippen LogP contribution < -0.4 is 10.1 Å². The Balaban J connectivity index is 1.59. The monoisotopic (exact) mass is 343 g/mol. The maximum Gasteiger partial charge on any atom is 0.256 e. The fourth-order valence-corrected chi connectivity index (χ4v) is 2.58. The molecule has 0 bridgehead atoms. The largest absolute Gasteiger partial charge is 0.487 e. The highest BCUT2D eigenvalue weighted by atomic mass is 32.1. The second kappa shape index (κ2) is 7.22. The van der Waals surface area contributed by atoms with E-state index < -0.39 is 0 Å². The van der Waals surface area contributed by atoms with E-state index in [-0.39, 0.29) is 5.91 Å². The Kier molecular flexibility index (Phi) is 4.85. The number of nitrogens with one attached hydrogen (secondary N) is 1. The molecule has 0 unspecified atom stereocenters. The Morgan fingerprint density at radius 1 is 1.25 bits per heavy atom. The number of carbonyl (C=O) groups excluding carboxylic acids is 1. The Hall–Kier alpha value is -2.74. The first-order chi connectivity index (χ1) is 11.7. The third-order valence-corrected chi connectivity index (χ3v) is 4.10. The van der Waals surface area contributed by atoms with Gasteiger partial charge >= 0.3 is 0 Å². The lowest BCUT2D eigenvalue weighted by atomic mass is 10.2. The normalized spacial score (nSPS) is 10.6. The summed E-state index contributed by atoms with van der Waals surface area (Å²) in [4.78, 5) is 12.2. The van der Waals surface area contributed by atoms with Crippen LogP contribution in [0.2, 0.25) is 0 Å². The molecular formula is C16H17N5O2S. The van der Waals surface area contributed by atoms with Crippen molar-refractivity contribution in [3.05, 3.63) is 53.5 Å². The van der Waals surface area contributed by atoms with Crippen LogP contribution in [0.4, 0.5) is 5.82 Å². The summed E-state index contributed by atoms with van der Waals surface area (Å²) in [5.74, 6) is 1.00. The zero-order valence-electron chi connectivity index (χ0n) is 13.4. The summed E-state index contributed by atoms with van der Waals surface area (Å²) >= 11 is 1.17. The quantitative estimate of drug-likeness (QED) is 0.744. The predicted octanol–water partition coefficient (Wildman–Crippen LogP) is 2.89. The fourth-order valence-electron chi connectivity index (χ4n) is 2.03. The van der Waals surface area contributed by atoms with Gasteiger partial charge in [-0.2, -0.15) is 13.8 Å². The Bertz CT molecular complexity index is 825. The maximum absolute atomic E-state index is 12.2. The van der Waals surface area contributed by atoms with Gasteiger partial charge in [-0.3, -0.25) is 9.48 Å². The number of nitrogens with zero attached hydrogens (tertiary/aromatic N) is 4. The molecule has 0 saturated heterocycles. The standard InChI is InChI=1S/C16H17N5O2S/c1-3-21-9-8-15(18-21)17-16(22)12-4-6-13(7-5-12)23-10-14-11(2)19-24-20-14/h4-9H,3,10H2,1-2H3,(H,17,18,22). The van der Waals surface area contributed by atoms with Gasteiger partial charge in [0.25, 0.3) is 5.91 Å². The first-order valence-corrected chi connectivity index (χ1v) is 8.24. The minimum atomic E-state index is -0.206. The van der Waals surface area contributed by atoms with Gasteiger partial charge in [-0.25, -0.2) is 0 Å². The van der Waals surface area contributed by atoms with Crippen LogP contribution in [0.15, 0.2) is 36.5 Å². The number of amides is 1. The van der Waals surface area contributed by atoms with Crippen molar-refractivity contribution in [1.82, 2.24) is 18.5 Å². The number of hydrogen-bond acceptors (Lipinski definition) is 6. The van der Waals surface area contributed by atoms with Crippen LogP contribution in [0.25, 0.3) is 0 Å². The molecule has 0 atom stereocenters. The molecule has 0 aliphatic carbocycles. The number of ether oxygens (including phenoxy) is 1. The molecule has 2 aromatic heterocycles. The van der Waals surface area contributed by atoms with E-state index in [4.69, 9.17) is 4.74 Å². The van der Waals surface area contributed by atoms with Crippen molar-refractivity contribution >= 4 is 23.5 Å². The molecule has 3 rings (SSSR count). The van der Waals surface area contributed by atoms with E-state index >= 15 is 0 Å². The molecule has 1 aromatic carbocycles. The lowest BCUT2D eigenvalue weighted by Crippen LogP contribution is -2.12. The highest BCUT2D eigenvalue weighted by molar-refractivity contribution is 6.99. The fraction of sp³-hybridized carbons (Fsp3) is 0.250. The molecule has 1 N–H and O–H groups in total. The summed E-state index contributed by atoms with van der Waals surface area (Å²) in [6, 6.07) is 8.72. The van der Waals surface area contributed by atoms with Gasteiger partial charge in [-0.1, -0.05) is 0 Å². The van der Waals surface area contributed by atoms with Crippen LogP contribution in [-0.2, 0) is 13.2 Å². The van der Waals surface area contributed by atoms with Gasteiger partial charge in [0, 0.05) is 24.4 Å². The molecule has 2 heterocycles. The lowest BCUT2D eigenvalue weighted by molar-refractivity contribution is 0.102. The van der Waals surface area contributed by atoms with Crippen molar-refractivity contribution in [2.24, 2.45) is 0 Å². The van der Waals surface area contributed by atoms with Crippen molar-refractivity contribution in [2.75, 3.05) is 5.32 Å². The van der Waals surface area contributed by atoms with Crippen molar-refractivity contribution in [3.8, 4) is 5.75 Å². The summed E-state index contributed by atoms with van der Waals surface area (Å²) in [5.41, 5.74) is 2.25. The van der Waals surface area contributed by atoms with E-state index in [0.717, 1.165) is 17.9 Å². The molecule has 24 heavy (non-hydrogen) atoms. The predicted molar refractivity (Wildman–Crippen MR) is 91.3 cm³/mol. The maximum atomic E-state index is 12.2. The van der Waals surface area contributed by atoms with Crippen LogP contribution in [0, 0.1) is 6.92 Å². The summed E-state index contributed by atoms with van der Waals surface area (Å²) in [5, 5.41) is 6.99. The van der Waals surface area contributed by atoms with Gasteiger partial charge in [0.05, 0.1) is 17.4 Å². The Labute approximate surface area is 143 Å². The topological polar surface area (TPSA) is 81.9 Å². The highest BCUT2D eigenvalue weighted by Crippen LogP contribution is 2.16. The smallest absolute Gasteiger partial charge is 0.256 e. The van der Waals surface area contributed by atoms with Crippen molar-refractivity contribution in [2.45, 2.75) is 27.0 Å². The Morgan fingerprint density at radius 3 is 2.67 bits per heavy atom. The average Bonchev–Trinajstić information content (AvgIpc) is 3.22. The average molecular weight is 343 g/mol. The molecule has 7 nitrogen and oxygen atoms in total. The number of rotatable bonds is 6. The van der Waals surface area contributed by atoms with Crippen molar-refractivity contribution < 1.29 is 9.53 Å². The molecule has 124 valence electrons. The third kappa shape index (κ3) is 3.77. The van der Waals surface area contributed by atoms with Gasteiger partial charge in [0.1, 0.15) is 18.1 Å². The van der Waals surface area contributed by atoms with Crippen LogP contribution in [0.3, 0.4) is 0 Å². The summed E-state index contributed by atoms with van der Waals surface area (Å²) in [6.07, 6.45) is 1.82. The van der Waals surface area contributed by atoms with Gasteiger partial charge in [0.15, 0.2) is 5.82 Å². The molecule has 0 radical (unpaired) electrons. The van der Waals surface area contributed by atoms with Crippen LogP contribution in [0.5, 0.6) is 5.75 Å². The molecule has 0 aliphatic heterocycles. The molecule has 3 aromatic rings. The number of carbonyl (C=O) groups is 1. The second-order valence-corrected chi connectivity index (χ2v) is 5.65. The first-order valence-electron chi connectivity index (χ1n) is 7.51. The lowest BCUT2D eigenvalue weighted by Gasteiger charge is -2.06. The summed E-state index contributed by atoms with van der Waals surface area (Å²) < 4.78 is 15.7. The molecular weight excluding hydrogens is 326 g/mol. The number of anilines is 1. The molecule has 1 amide bonds. The minimum absolute atomic E-state index is 0.206. The molecule has 8 heteroatoms. The third-order valence-electron chi connectivity index (χ3n) is 3.44. The summed E-state index contributed by atoms with van der Waals surface area (Å²) in [6.45, 7) is 5.01. The van der Waals surface area contributed by atoms with Crippen molar-refractivity contribution in [3.63, 3.8) is 0 Å². The number of aryl methyl sites for hydroxylation is 2. The summed E-state index contributed by atoms with van der Waals surface area (Å²) in [7, 11) is 0. The van der Waals surface area contributed by atoms with Gasteiger partial charge in [0.2, 0.25) is 0 Å². The van der Waals surface area contributed by atoms with Gasteiger partial charge < -0.3 is 10.1 Å². The van der Waals surface area contributed by atoms with E-state index in [9.17, 15) is 4.79 Å². The van der Waals surface area contributed by atoms with Crippen LogP contribution in [-0.4, -0.2) is 24.4 Å². The first kappa shape index (κ1) is 16.1. The zero-order chi connectivity index (χ0) is 16.9. The van der Waals surface area contributed by atoms with Crippen LogP contribution in [0.1, 0.15) is 28.7 Å². The SMILES string of the molecule is CCn1ccc(NC(=O)c2ccc(OCc3nsnc3C)cc2)n1. The van der Waals surface area contributed by atoms with Crippen LogP contribution >= 0.6 is 11.7 Å². The van der Waals surface area contributed by atoms with E-state index in [2.05, 4.69) is 19.2 Å². The number of benzene rings is 1. The zero-order valence-corrected chi connectivity index (χ0v) is 14.2. The molecule has 0 saturated carbocycles. The van der Waals surface area contributed by atoms with Gasteiger partial charge in [-0.05, 0) is 38.1 Å². The van der Waals surface area contributed by atoms with E-state index in [1.54, 1.807) is 35.0 Å². The van der Waals surface area contributed by atoms with Crippen molar-refractivity contribution in [1.29, 1.82) is 0 Å². The minimum Gasteiger partial charge on any atom is -0.487 e. The number of aromatic nitrogens is 4. The van der Waals surface area contributed by atoms with E-state index in [0.29, 0.717) is 23.7 Å².